The normalized spacial score (nSPS) is 10.9. The quantitative estimate of drug-likeness (QED) is 0.192. The summed E-state index contributed by atoms with van der Waals surface area (Å²) in [4.78, 5) is 21.6. The van der Waals surface area contributed by atoms with Gasteiger partial charge in [-0.3, -0.25) is 16.8 Å². The van der Waals surface area contributed by atoms with Crippen LogP contribution in [0.2, 0.25) is 0 Å². The van der Waals surface area contributed by atoms with Gasteiger partial charge >= 0.3 is 49.6 Å². The fourth-order valence-corrected chi connectivity index (χ4v) is 0. The van der Waals surface area contributed by atoms with E-state index >= 15 is 0 Å². The monoisotopic (exact) mass is 430 g/mol. The maximum absolute atomic E-state index is 8.88. The van der Waals surface area contributed by atoms with Crippen molar-refractivity contribution in [2.45, 2.75) is 0 Å². The molecule has 0 amide bonds. The van der Waals surface area contributed by atoms with Crippen LogP contribution in [-0.2, 0) is 25.4 Å². The molecular formula is H3CeO12PS2. The molecule has 0 aromatic rings. The summed E-state index contributed by atoms with van der Waals surface area (Å²) in [5, 5.41) is 0. The van der Waals surface area contributed by atoms with E-state index in [-0.39, 0.29) is 41.7 Å². The van der Waals surface area contributed by atoms with Crippen molar-refractivity contribution in [1.29, 1.82) is 0 Å². The average molecular weight is 430 g/mol. The molecule has 0 saturated carbocycles. The molecule has 0 bridgehead atoms. The van der Waals surface area contributed by atoms with Crippen molar-refractivity contribution in [1.82, 2.24) is 0 Å². The van der Waals surface area contributed by atoms with Crippen LogP contribution in [0.25, 0.3) is 0 Å². The van der Waals surface area contributed by atoms with Gasteiger partial charge in [-0.05, 0) is 0 Å². The van der Waals surface area contributed by atoms with E-state index < -0.39 is 28.6 Å². The fraction of sp³-hybridized carbons (Fsp3) is 0. The zero-order valence-electron chi connectivity index (χ0n) is 6.78. The van der Waals surface area contributed by atoms with Crippen LogP contribution < -0.4 is 0 Å². The van der Waals surface area contributed by atoms with Gasteiger partial charge in [-0.2, -0.15) is 0 Å². The molecule has 96 valence electrons. The zero-order chi connectivity index (χ0) is 13.5. The third-order valence-corrected chi connectivity index (χ3v) is 0. The second kappa shape index (κ2) is 10.2. The molecule has 0 unspecified atom stereocenters. The molecule has 0 rings (SSSR count). The van der Waals surface area contributed by atoms with Crippen LogP contribution in [0.5, 0.6) is 0 Å². The third kappa shape index (κ3) is 2050. The summed E-state index contributed by atoms with van der Waals surface area (Å²) in [6.45, 7) is 0. The second-order valence-corrected chi connectivity index (χ2v) is 3.99. The molecule has 0 radical (unpaired) electrons. The van der Waals surface area contributed by atoms with Crippen molar-refractivity contribution < 1.29 is 96.0 Å². The van der Waals surface area contributed by atoms with Gasteiger partial charge in [0.25, 0.3) is 0 Å². The number of rotatable bonds is 0. The van der Waals surface area contributed by atoms with Crippen molar-refractivity contribution in [3.63, 3.8) is 0 Å². The standard InChI is InChI=1S/Ce.H3O4P.2H2O4S/c;3*1-5(2,3)4/h;(H3,1,2,3,4);2*(H2,1,2,3,4)/q+4;;;/p-4. The summed E-state index contributed by atoms with van der Waals surface area (Å²) < 4.78 is 77.0. The molecule has 0 aromatic carbocycles. The summed E-state index contributed by atoms with van der Waals surface area (Å²) >= 11 is 0. The van der Waals surface area contributed by atoms with Crippen molar-refractivity contribution in [2.75, 3.05) is 0 Å². The number of hydrogen-bond acceptors (Lipinski definition) is 9. The van der Waals surface area contributed by atoms with E-state index in [0.29, 0.717) is 0 Å². The first-order valence-electron chi connectivity index (χ1n) is 2.12. The molecule has 0 aromatic heterocycles. The van der Waals surface area contributed by atoms with Crippen LogP contribution in [0.3, 0.4) is 0 Å². The molecular weight excluding hydrogens is 427 g/mol. The molecule has 0 saturated heterocycles. The van der Waals surface area contributed by atoms with Crippen LogP contribution in [0, 0.1) is 41.7 Å². The van der Waals surface area contributed by atoms with Gasteiger partial charge in [0.15, 0.2) is 0 Å². The van der Waals surface area contributed by atoms with Crippen molar-refractivity contribution >= 4 is 28.6 Å². The Morgan fingerprint density at radius 1 is 0.750 bits per heavy atom. The van der Waals surface area contributed by atoms with Gasteiger partial charge in [0, 0.05) is 20.8 Å². The van der Waals surface area contributed by atoms with E-state index in [1.165, 1.54) is 0 Å². The molecule has 0 aliphatic rings. The van der Waals surface area contributed by atoms with Gasteiger partial charge < -0.3 is 32.9 Å². The molecule has 0 atom stereocenters. The Hall–Kier alpha value is 1.23. The van der Waals surface area contributed by atoms with E-state index in [4.69, 9.17) is 54.3 Å². The van der Waals surface area contributed by atoms with Gasteiger partial charge in [0.2, 0.25) is 0 Å². The van der Waals surface area contributed by atoms with Gasteiger partial charge in [0.05, 0.1) is 0 Å². The Labute approximate surface area is 123 Å². The predicted octanol–water partition coefficient (Wildman–Crippen LogP) is -3.60. The van der Waals surface area contributed by atoms with E-state index in [1.54, 1.807) is 0 Å². The first-order valence-corrected chi connectivity index (χ1v) is 6.35. The minimum atomic E-state index is -5.17. The summed E-state index contributed by atoms with van der Waals surface area (Å²) in [7, 11) is -15.0. The van der Waals surface area contributed by atoms with Gasteiger partial charge in [-0.15, -0.1) is 0 Å². The number of phosphoric acid groups is 1. The third-order valence-electron chi connectivity index (χ3n) is 0. The van der Waals surface area contributed by atoms with Crippen molar-refractivity contribution in [3.8, 4) is 0 Å². The molecule has 12 nitrogen and oxygen atoms in total. The van der Waals surface area contributed by atoms with Gasteiger partial charge in [-0.25, -0.2) is 4.57 Å². The van der Waals surface area contributed by atoms with E-state index in [1.807, 2.05) is 0 Å². The SMILES string of the molecule is O=P(O)(O)O.O=S(=O)([O-])[O-].O=S(=O)([O-])[O-].[Ce+4]. The van der Waals surface area contributed by atoms with Crippen molar-refractivity contribution in [2.24, 2.45) is 0 Å². The Balaban J connectivity index is -0.0000000655. The molecule has 16 heteroatoms. The molecule has 0 spiro atoms. The molecule has 0 fully saturated rings. The summed E-state index contributed by atoms with van der Waals surface area (Å²) in [5.74, 6) is 0. The molecule has 3 N–H and O–H groups in total. The average Bonchev–Trinajstić information content (AvgIpc) is 1.41. The maximum atomic E-state index is 8.88. The minimum absolute atomic E-state index is 0. The van der Waals surface area contributed by atoms with Crippen LogP contribution in [0.1, 0.15) is 0 Å². The Kier molecular flexibility index (Phi) is 16.5. The topological polar surface area (TPSA) is 238 Å². The summed E-state index contributed by atoms with van der Waals surface area (Å²) in [5.41, 5.74) is 0. The van der Waals surface area contributed by atoms with Crippen LogP contribution in [-0.4, -0.2) is 49.7 Å². The molecule has 0 heterocycles. The Bertz CT molecular complexity index is 326. The second-order valence-electron chi connectivity index (χ2n) is 1.33. The Morgan fingerprint density at radius 3 is 0.750 bits per heavy atom. The fourth-order valence-electron chi connectivity index (χ4n) is 0. The largest absolute Gasteiger partial charge is 4.00 e. The van der Waals surface area contributed by atoms with E-state index in [9.17, 15) is 0 Å². The first-order chi connectivity index (χ1) is 6.00. The molecule has 0 aliphatic heterocycles. The van der Waals surface area contributed by atoms with E-state index in [0.717, 1.165) is 0 Å². The van der Waals surface area contributed by atoms with Crippen molar-refractivity contribution in [3.05, 3.63) is 0 Å². The molecule has 0 aliphatic carbocycles. The smallest absolute Gasteiger partial charge is 0.759 e. The predicted molar refractivity (Wildman–Crippen MR) is 35.2 cm³/mol. The molecule has 16 heavy (non-hydrogen) atoms. The van der Waals surface area contributed by atoms with E-state index in [2.05, 4.69) is 0 Å². The zero-order valence-corrected chi connectivity index (χ0v) is 12.4. The minimum Gasteiger partial charge on any atom is -0.759 e. The number of hydrogen-bond donors (Lipinski definition) is 3. The van der Waals surface area contributed by atoms with Crippen LogP contribution >= 0.6 is 7.82 Å². The van der Waals surface area contributed by atoms with Crippen LogP contribution in [0.15, 0.2) is 0 Å². The Morgan fingerprint density at radius 2 is 0.750 bits per heavy atom. The first kappa shape index (κ1) is 25.9. The van der Waals surface area contributed by atoms with Crippen LogP contribution in [0.4, 0.5) is 0 Å². The van der Waals surface area contributed by atoms with Gasteiger partial charge in [-0.1, -0.05) is 0 Å². The summed E-state index contributed by atoms with van der Waals surface area (Å²) in [6, 6.07) is 0. The maximum Gasteiger partial charge on any atom is 4.00 e. The summed E-state index contributed by atoms with van der Waals surface area (Å²) in [6.07, 6.45) is 0. The van der Waals surface area contributed by atoms with Gasteiger partial charge in [0.1, 0.15) is 0 Å².